The molecule has 0 spiro atoms. The number of amides is 2. The predicted octanol–water partition coefficient (Wildman–Crippen LogP) is 5.02. The third kappa shape index (κ3) is 6.98. The molecule has 0 aliphatic rings. The Balaban J connectivity index is 1.87. The Morgan fingerprint density at radius 2 is 1.61 bits per heavy atom. The monoisotopic (exact) mass is 484 g/mol. The van der Waals surface area contributed by atoms with Crippen molar-refractivity contribution in [3.05, 3.63) is 101 Å². The van der Waals surface area contributed by atoms with Crippen LogP contribution in [0.4, 0.5) is 0 Å². The number of benzene rings is 3. The van der Waals surface area contributed by atoms with Gasteiger partial charge in [-0.15, -0.1) is 11.6 Å². The summed E-state index contributed by atoms with van der Waals surface area (Å²) in [5, 5.41) is 3.58. The van der Waals surface area contributed by atoms with Crippen molar-refractivity contribution in [1.82, 2.24) is 10.2 Å². The molecule has 0 unspecified atom stereocenters. The average molecular weight is 485 g/mol. The zero-order chi connectivity index (χ0) is 23.6. The van der Waals surface area contributed by atoms with Gasteiger partial charge in [0.1, 0.15) is 17.7 Å². The maximum Gasteiger partial charge on any atom is 0.247 e. The minimum absolute atomic E-state index is 0.214. The molecule has 0 aliphatic carbocycles. The summed E-state index contributed by atoms with van der Waals surface area (Å²) in [5.41, 5.74) is 2.63. The van der Waals surface area contributed by atoms with Gasteiger partial charge in [-0.05, 0) is 47.4 Å². The first-order valence-corrected chi connectivity index (χ1v) is 11.5. The zero-order valence-corrected chi connectivity index (χ0v) is 19.9. The van der Waals surface area contributed by atoms with Gasteiger partial charge in [0.05, 0.1) is 7.11 Å². The molecular formula is C26H26Cl2N2O3. The number of ether oxygens (including phenoxy) is 1. The molecule has 1 atom stereocenters. The normalized spacial score (nSPS) is 11.5. The summed E-state index contributed by atoms with van der Waals surface area (Å²) < 4.78 is 5.24. The number of carbonyl (C=O) groups is 2. The average Bonchev–Trinajstić information content (AvgIpc) is 2.85. The molecular weight excluding hydrogens is 459 g/mol. The second-order valence-electron chi connectivity index (χ2n) is 7.48. The maximum absolute atomic E-state index is 13.4. The minimum Gasteiger partial charge on any atom is -0.497 e. The largest absolute Gasteiger partial charge is 0.497 e. The third-order valence-electron chi connectivity index (χ3n) is 5.25. The molecule has 0 aromatic heterocycles. The van der Waals surface area contributed by atoms with E-state index in [9.17, 15) is 9.59 Å². The first-order chi connectivity index (χ1) is 16.0. The fourth-order valence-electron chi connectivity index (χ4n) is 3.52. The van der Waals surface area contributed by atoms with Gasteiger partial charge in [0.25, 0.3) is 0 Å². The lowest BCUT2D eigenvalue weighted by Crippen LogP contribution is -2.44. The van der Waals surface area contributed by atoms with Crippen molar-refractivity contribution in [2.45, 2.75) is 19.0 Å². The van der Waals surface area contributed by atoms with Crippen LogP contribution in [0.3, 0.4) is 0 Å². The molecule has 2 amide bonds. The van der Waals surface area contributed by atoms with Gasteiger partial charge >= 0.3 is 0 Å². The number of methoxy groups -OCH3 is 1. The predicted molar refractivity (Wildman–Crippen MR) is 132 cm³/mol. The van der Waals surface area contributed by atoms with E-state index in [-0.39, 0.29) is 24.2 Å². The van der Waals surface area contributed by atoms with Crippen LogP contribution in [-0.2, 0) is 22.6 Å². The second kappa shape index (κ2) is 12.3. The molecule has 7 heteroatoms. The van der Waals surface area contributed by atoms with Gasteiger partial charge in [-0.1, -0.05) is 66.2 Å². The van der Waals surface area contributed by atoms with E-state index >= 15 is 0 Å². The Morgan fingerprint density at radius 1 is 0.939 bits per heavy atom. The standard InChI is InChI=1S/C26H26Cl2N2O3/c1-33-23-13-9-21(10-14-23)25(26(32)29-16-15-19-5-3-2-4-6-19)30(24(31)17-27)18-20-7-11-22(28)12-8-20/h2-14,25H,15-18H2,1H3,(H,29,32)/t25-/m0/s1. The molecule has 0 fully saturated rings. The molecule has 3 aromatic rings. The van der Waals surface area contributed by atoms with E-state index in [0.717, 1.165) is 11.1 Å². The van der Waals surface area contributed by atoms with Crippen LogP contribution in [0.15, 0.2) is 78.9 Å². The highest BCUT2D eigenvalue weighted by Crippen LogP contribution is 2.26. The minimum atomic E-state index is -0.853. The Hall–Kier alpha value is -3.02. The quantitative estimate of drug-likeness (QED) is 0.411. The number of hydrogen-bond acceptors (Lipinski definition) is 3. The summed E-state index contributed by atoms with van der Waals surface area (Å²) in [5.74, 6) is -0.193. The van der Waals surface area contributed by atoms with E-state index in [1.165, 1.54) is 4.90 Å². The molecule has 0 saturated carbocycles. The fraction of sp³-hybridized carbons (Fsp3) is 0.231. The molecule has 3 rings (SSSR count). The molecule has 0 bridgehead atoms. The van der Waals surface area contributed by atoms with E-state index in [2.05, 4.69) is 5.32 Å². The first-order valence-electron chi connectivity index (χ1n) is 10.6. The maximum atomic E-state index is 13.4. The highest BCUT2D eigenvalue weighted by atomic mass is 35.5. The topological polar surface area (TPSA) is 58.6 Å². The van der Waals surface area contributed by atoms with Gasteiger partial charge in [0.15, 0.2) is 0 Å². The van der Waals surface area contributed by atoms with Crippen molar-refractivity contribution < 1.29 is 14.3 Å². The lowest BCUT2D eigenvalue weighted by Gasteiger charge is -2.31. The van der Waals surface area contributed by atoms with E-state index in [0.29, 0.717) is 29.3 Å². The number of rotatable bonds is 10. The summed E-state index contributed by atoms with van der Waals surface area (Å²) in [6.45, 7) is 0.658. The van der Waals surface area contributed by atoms with E-state index < -0.39 is 6.04 Å². The van der Waals surface area contributed by atoms with E-state index in [1.54, 1.807) is 43.5 Å². The van der Waals surface area contributed by atoms with Crippen LogP contribution in [0.2, 0.25) is 5.02 Å². The highest BCUT2D eigenvalue weighted by molar-refractivity contribution is 6.30. The van der Waals surface area contributed by atoms with Crippen molar-refractivity contribution in [2.24, 2.45) is 0 Å². The molecule has 33 heavy (non-hydrogen) atoms. The van der Waals surface area contributed by atoms with Crippen molar-refractivity contribution in [3.63, 3.8) is 0 Å². The Bertz CT molecular complexity index is 1040. The number of nitrogens with one attached hydrogen (secondary N) is 1. The molecule has 0 aliphatic heterocycles. The van der Waals surface area contributed by atoms with Crippen LogP contribution in [0.1, 0.15) is 22.7 Å². The summed E-state index contributed by atoms with van der Waals surface area (Å²) >= 11 is 11.9. The van der Waals surface area contributed by atoms with Crippen LogP contribution in [-0.4, -0.2) is 36.2 Å². The summed E-state index contributed by atoms with van der Waals surface area (Å²) in [6.07, 6.45) is 0.683. The molecule has 3 aromatic carbocycles. The van der Waals surface area contributed by atoms with Crippen LogP contribution in [0, 0.1) is 0 Å². The van der Waals surface area contributed by atoms with Crippen LogP contribution in [0.25, 0.3) is 0 Å². The van der Waals surface area contributed by atoms with Crippen molar-refractivity contribution in [2.75, 3.05) is 19.5 Å². The number of nitrogens with zero attached hydrogens (tertiary/aromatic N) is 1. The lowest BCUT2D eigenvalue weighted by molar-refractivity contribution is -0.139. The molecule has 0 radical (unpaired) electrons. The van der Waals surface area contributed by atoms with Crippen molar-refractivity contribution in [1.29, 1.82) is 0 Å². The molecule has 0 saturated heterocycles. The Labute approximate surface area is 204 Å². The highest BCUT2D eigenvalue weighted by Gasteiger charge is 2.31. The third-order valence-corrected chi connectivity index (χ3v) is 5.73. The van der Waals surface area contributed by atoms with E-state index in [1.807, 2.05) is 42.5 Å². The van der Waals surface area contributed by atoms with Gasteiger partial charge < -0.3 is 15.0 Å². The molecule has 5 nitrogen and oxygen atoms in total. The zero-order valence-electron chi connectivity index (χ0n) is 18.3. The lowest BCUT2D eigenvalue weighted by atomic mass is 10.0. The Morgan fingerprint density at radius 3 is 2.21 bits per heavy atom. The number of halogens is 2. The first kappa shape index (κ1) is 24.6. The summed E-state index contributed by atoms with van der Waals surface area (Å²) in [6, 6.07) is 23.3. The van der Waals surface area contributed by atoms with Crippen molar-refractivity contribution >= 4 is 35.0 Å². The number of hydrogen-bond donors (Lipinski definition) is 1. The molecule has 0 heterocycles. The SMILES string of the molecule is COc1ccc([C@@H](C(=O)NCCc2ccccc2)N(Cc2ccc(Cl)cc2)C(=O)CCl)cc1. The number of carbonyl (C=O) groups excluding carboxylic acids is 2. The summed E-state index contributed by atoms with van der Waals surface area (Å²) in [7, 11) is 1.58. The molecule has 172 valence electrons. The summed E-state index contributed by atoms with van der Waals surface area (Å²) in [4.78, 5) is 27.8. The van der Waals surface area contributed by atoms with Crippen LogP contribution < -0.4 is 10.1 Å². The second-order valence-corrected chi connectivity index (χ2v) is 8.19. The molecule has 1 N–H and O–H groups in total. The van der Waals surface area contributed by atoms with Gasteiger partial charge in [-0.3, -0.25) is 9.59 Å². The van der Waals surface area contributed by atoms with Crippen LogP contribution >= 0.6 is 23.2 Å². The van der Waals surface area contributed by atoms with Crippen LogP contribution in [0.5, 0.6) is 5.75 Å². The van der Waals surface area contributed by atoms with E-state index in [4.69, 9.17) is 27.9 Å². The van der Waals surface area contributed by atoms with Gasteiger partial charge in [0.2, 0.25) is 11.8 Å². The van der Waals surface area contributed by atoms with Gasteiger partial charge in [-0.2, -0.15) is 0 Å². The van der Waals surface area contributed by atoms with Crippen molar-refractivity contribution in [3.8, 4) is 5.75 Å². The van der Waals surface area contributed by atoms with Gasteiger partial charge in [-0.25, -0.2) is 0 Å². The van der Waals surface area contributed by atoms with Gasteiger partial charge in [0, 0.05) is 18.1 Å². The number of alkyl halides is 1. The smallest absolute Gasteiger partial charge is 0.247 e. The Kier molecular flexibility index (Phi) is 9.16. The fourth-order valence-corrected chi connectivity index (χ4v) is 3.80.